The molecule has 0 saturated carbocycles. The first-order valence-corrected chi connectivity index (χ1v) is 8.68. The van der Waals surface area contributed by atoms with Crippen molar-refractivity contribution < 1.29 is 9.59 Å². The van der Waals surface area contributed by atoms with Gasteiger partial charge in [0.15, 0.2) is 0 Å². The van der Waals surface area contributed by atoms with Gasteiger partial charge >= 0.3 is 0 Å². The number of amides is 2. The summed E-state index contributed by atoms with van der Waals surface area (Å²) in [5, 5.41) is 2.97. The summed E-state index contributed by atoms with van der Waals surface area (Å²) in [6.07, 6.45) is 5.51. The smallest absolute Gasteiger partial charge is 0.273 e. The van der Waals surface area contributed by atoms with E-state index in [-0.39, 0.29) is 17.4 Å². The van der Waals surface area contributed by atoms with Gasteiger partial charge in [-0.25, -0.2) is 4.98 Å². The quantitative estimate of drug-likeness (QED) is 0.810. The summed E-state index contributed by atoms with van der Waals surface area (Å²) in [7, 11) is 5.54. The zero-order valence-corrected chi connectivity index (χ0v) is 15.2. The van der Waals surface area contributed by atoms with Crippen molar-refractivity contribution in [3.8, 4) is 0 Å². The molecule has 0 aromatic carbocycles. The molecule has 3 rings (SSSR count). The molecule has 0 aliphatic carbocycles. The van der Waals surface area contributed by atoms with Gasteiger partial charge < -0.3 is 15.1 Å². The van der Waals surface area contributed by atoms with E-state index in [1.54, 1.807) is 20.3 Å². The van der Waals surface area contributed by atoms with Crippen molar-refractivity contribution in [2.75, 3.05) is 52.2 Å². The number of anilines is 1. The molecule has 0 bridgehead atoms. The SMILES string of the molecule is CN(C)C(=O)c1cncc(N2CCN(C)[C@]3(CCNC(=O)CC3)C2)n1. The second-order valence-corrected chi connectivity index (χ2v) is 7.13. The number of piperazine rings is 1. The Morgan fingerprint density at radius 3 is 2.84 bits per heavy atom. The van der Waals surface area contributed by atoms with E-state index in [0.717, 1.165) is 38.3 Å². The van der Waals surface area contributed by atoms with Gasteiger partial charge in [-0.3, -0.25) is 19.5 Å². The van der Waals surface area contributed by atoms with Crippen molar-refractivity contribution in [3.05, 3.63) is 18.1 Å². The highest BCUT2D eigenvalue weighted by Gasteiger charge is 2.41. The topological polar surface area (TPSA) is 81.7 Å². The normalized spacial score (nSPS) is 24.8. The highest BCUT2D eigenvalue weighted by Crippen LogP contribution is 2.31. The van der Waals surface area contributed by atoms with Crippen LogP contribution in [0.1, 0.15) is 29.8 Å². The van der Waals surface area contributed by atoms with Crippen molar-refractivity contribution in [3.63, 3.8) is 0 Å². The molecule has 0 unspecified atom stereocenters. The molecular formula is C17H26N6O2. The lowest BCUT2D eigenvalue weighted by Crippen LogP contribution is -2.61. The summed E-state index contributed by atoms with van der Waals surface area (Å²) in [4.78, 5) is 38.7. The van der Waals surface area contributed by atoms with Gasteiger partial charge in [-0.2, -0.15) is 0 Å². The lowest BCUT2D eigenvalue weighted by Gasteiger charge is -2.49. The Hall–Kier alpha value is -2.22. The number of carbonyl (C=O) groups is 2. The summed E-state index contributed by atoms with van der Waals surface area (Å²) in [5.74, 6) is 0.701. The summed E-state index contributed by atoms with van der Waals surface area (Å²) in [6.45, 7) is 3.20. The number of nitrogens with zero attached hydrogens (tertiary/aromatic N) is 5. The zero-order valence-electron chi connectivity index (χ0n) is 15.2. The fraction of sp³-hybridized carbons (Fsp3) is 0.647. The highest BCUT2D eigenvalue weighted by molar-refractivity contribution is 5.91. The summed E-state index contributed by atoms with van der Waals surface area (Å²) < 4.78 is 0. The van der Waals surface area contributed by atoms with E-state index in [1.165, 1.54) is 11.1 Å². The van der Waals surface area contributed by atoms with Crippen LogP contribution in [0.3, 0.4) is 0 Å². The molecule has 8 nitrogen and oxygen atoms in total. The molecule has 1 N–H and O–H groups in total. The highest BCUT2D eigenvalue weighted by atomic mass is 16.2. The van der Waals surface area contributed by atoms with Gasteiger partial charge in [0.2, 0.25) is 5.91 Å². The van der Waals surface area contributed by atoms with E-state index in [0.29, 0.717) is 18.7 Å². The van der Waals surface area contributed by atoms with Crippen LogP contribution in [0, 0.1) is 0 Å². The van der Waals surface area contributed by atoms with Crippen LogP contribution in [0.4, 0.5) is 5.82 Å². The fourth-order valence-corrected chi connectivity index (χ4v) is 3.63. The van der Waals surface area contributed by atoms with Gasteiger partial charge in [0.25, 0.3) is 5.91 Å². The third kappa shape index (κ3) is 3.58. The number of hydrogen-bond donors (Lipinski definition) is 1. The molecule has 2 aliphatic heterocycles. The summed E-state index contributed by atoms with van der Waals surface area (Å²) in [6, 6.07) is 0. The Morgan fingerprint density at radius 2 is 2.08 bits per heavy atom. The number of aromatic nitrogens is 2. The monoisotopic (exact) mass is 346 g/mol. The Morgan fingerprint density at radius 1 is 1.28 bits per heavy atom. The minimum atomic E-state index is -0.151. The average molecular weight is 346 g/mol. The molecule has 2 amide bonds. The van der Waals surface area contributed by atoms with Crippen molar-refractivity contribution in [2.45, 2.75) is 24.8 Å². The van der Waals surface area contributed by atoms with Crippen LogP contribution in [0.15, 0.2) is 12.4 Å². The Balaban J connectivity index is 1.83. The molecule has 3 heterocycles. The maximum absolute atomic E-state index is 12.2. The van der Waals surface area contributed by atoms with Crippen molar-refractivity contribution in [1.82, 2.24) is 25.1 Å². The maximum atomic E-state index is 12.2. The maximum Gasteiger partial charge on any atom is 0.273 e. The molecule has 2 aliphatic rings. The minimum absolute atomic E-state index is 0.0549. The van der Waals surface area contributed by atoms with Crippen LogP contribution in [-0.2, 0) is 4.79 Å². The molecule has 136 valence electrons. The van der Waals surface area contributed by atoms with E-state index in [1.807, 2.05) is 0 Å². The molecular weight excluding hydrogens is 320 g/mol. The van der Waals surface area contributed by atoms with Crippen LogP contribution >= 0.6 is 0 Å². The van der Waals surface area contributed by atoms with E-state index in [4.69, 9.17) is 0 Å². The van der Waals surface area contributed by atoms with E-state index >= 15 is 0 Å². The van der Waals surface area contributed by atoms with Gasteiger partial charge in [-0.15, -0.1) is 0 Å². The first-order valence-electron chi connectivity index (χ1n) is 8.68. The fourth-order valence-electron chi connectivity index (χ4n) is 3.63. The van der Waals surface area contributed by atoms with Crippen LogP contribution in [0.25, 0.3) is 0 Å². The number of likely N-dealkylation sites (N-methyl/N-ethyl adjacent to an activating group) is 1. The largest absolute Gasteiger partial charge is 0.356 e. The second kappa shape index (κ2) is 6.95. The second-order valence-electron chi connectivity index (χ2n) is 7.13. The molecule has 2 saturated heterocycles. The van der Waals surface area contributed by atoms with Gasteiger partial charge in [0.1, 0.15) is 11.5 Å². The number of hydrogen-bond acceptors (Lipinski definition) is 6. The molecule has 1 spiro atoms. The Labute approximate surface area is 148 Å². The first-order chi connectivity index (χ1) is 11.9. The lowest BCUT2D eigenvalue weighted by atomic mass is 9.86. The zero-order chi connectivity index (χ0) is 18.0. The van der Waals surface area contributed by atoms with E-state index in [9.17, 15) is 9.59 Å². The minimum Gasteiger partial charge on any atom is -0.356 e. The first kappa shape index (κ1) is 17.6. The molecule has 1 atom stereocenters. The van der Waals surface area contributed by atoms with Gasteiger partial charge in [-0.05, 0) is 19.9 Å². The predicted molar refractivity (Wildman–Crippen MR) is 94.5 cm³/mol. The predicted octanol–water partition coefficient (Wildman–Crippen LogP) is -0.0309. The van der Waals surface area contributed by atoms with Crippen LogP contribution in [0.2, 0.25) is 0 Å². The molecule has 2 fully saturated rings. The van der Waals surface area contributed by atoms with E-state index in [2.05, 4.69) is 32.1 Å². The van der Waals surface area contributed by atoms with Crippen LogP contribution < -0.4 is 10.2 Å². The third-order valence-corrected chi connectivity index (χ3v) is 5.30. The van der Waals surface area contributed by atoms with Crippen molar-refractivity contribution in [1.29, 1.82) is 0 Å². The van der Waals surface area contributed by atoms with Crippen LogP contribution in [0.5, 0.6) is 0 Å². The lowest BCUT2D eigenvalue weighted by molar-refractivity contribution is -0.120. The Bertz CT molecular complexity index is 664. The molecule has 8 heteroatoms. The third-order valence-electron chi connectivity index (χ3n) is 5.30. The van der Waals surface area contributed by atoms with E-state index < -0.39 is 0 Å². The number of carbonyl (C=O) groups excluding carboxylic acids is 2. The van der Waals surface area contributed by atoms with Gasteiger partial charge in [0.05, 0.1) is 12.4 Å². The van der Waals surface area contributed by atoms with Crippen molar-refractivity contribution in [2.24, 2.45) is 0 Å². The van der Waals surface area contributed by atoms with Gasteiger partial charge in [-0.1, -0.05) is 0 Å². The molecule has 25 heavy (non-hydrogen) atoms. The number of rotatable bonds is 2. The van der Waals surface area contributed by atoms with Crippen molar-refractivity contribution >= 4 is 17.6 Å². The summed E-state index contributed by atoms with van der Waals surface area (Å²) >= 11 is 0. The molecule has 1 aromatic rings. The van der Waals surface area contributed by atoms with Gasteiger partial charge in [0, 0.05) is 52.2 Å². The molecule has 1 aromatic heterocycles. The standard InChI is InChI=1S/C17H26N6O2/c1-21(2)16(25)13-10-18-11-14(20-13)23-9-8-22(3)17(12-23)5-4-15(24)19-7-6-17/h10-11H,4-9,12H2,1-3H3,(H,19,24)/t17-/m1/s1. The Kier molecular flexibility index (Phi) is 4.89. The summed E-state index contributed by atoms with van der Waals surface area (Å²) in [5.41, 5.74) is 0.300. The van der Waals surface area contributed by atoms with Crippen LogP contribution in [-0.4, -0.2) is 84.4 Å². The average Bonchev–Trinajstić information content (AvgIpc) is 2.79. The molecule has 0 radical (unpaired) electrons. The number of nitrogens with one attached hydrogen (secondary N) is 1.